The van der Waals surface area contributed by atoms with E-state index in [4.69, 9.17) is 5.11 Å². The molecule has 1 N–H and O–H groups in total. The van der Waals surface area contributed by atoms with Gasteiger partial charge in [0.15, 0.2) is 0 Å². The predicted octanol–water partition coefficient (Wildman–Crippen LogP) is 2.92. The highest BCUT2D eigenvalue weighted by atomic mass is 16.4. The summed E-state index contributed by atoms with van der Waals surface area (Å²) in [5.74, 6) is 0.943. The third kappa shape index (κ3) is 3.02. The summed E-state index contributed by atoms with van der Waals surface area (Å²) in [7, 11) is 0. The molecule has 0 bridgehead atoms. The lowest BCUT2D eigenvalue weighted by molar-refractivity contribution is -0.147. The van der Waals surface area contributed by atoms with Crippen molar-refractivity contribution in [3.05, 3.63) is 0 Å². The highest BCUT2D eigenvalue weighted by Crippen LogP contribution is 2.40. The SMILES string of the molecule is CC(CCC(C)(C)C(=O)O)C1CC1. The smallest absolute Gasteiger partial charge is 0.309 e. The van der Waals surface area contributed by atoms with Gasteiger partial charge in [-0.3, -0.25) is 4.79 Å². The Morgan fingerprint density at radius 3 is 2.46 bits per heavy atom. The molecule has 0 aliphatic heterocycles. The van der Waals surface area contributed by atoms with E-state index in [1.54, 1.807) is 0 Å². The van der Waals surface area contributed by atoms with Crippen molar-refractivity contribution in [2.24, 2.45) is 17.3 Å². The molecule has 1 aliphatic carbocycles. The Morgan fingerprint density at radius 2 is 2.08 bits per heavy atom. The molecule has 1 saturated carbocycles. The van der Waals surface area contributed by atoms with Gasteiger partial charge in [0.1, 0.15) is 0 Å². The molecule has 1 unspecified atom stereocenters. The Bertz CT molecular complexity index is 192. The van der Waals surface area contributed by atoms with Crippen LogP contribution in [0.2, 0.25) is 0 Å². The van der Waals surface area contributed by atoms with Crippen LogP contribution in [0.3, 0.4) is 0 Å². The molecular formula is C11H20O2. The van der Waals surface area contributed by atoms with Gasteiger partial charge in [0.2, 0.25) is 0 Å². The first kappa shape index (κ1) is 10.6. The Morgan fingerprint density at radius 1 is 1.54 bits per heavy atom. The summed E-state index contributed by atoms with van der Waals surface area (Å²) < 4.78 is 0. The van der Waals surface area contributed by atoms with E-state index in [1.165, 1.54) is 12.8 Å². The third-order valence-corrected chi connectivity index (χ3v) is 3.23. The van der Waals surface area contributed by atoms with Crippen LogP contribution in [-0.4, -0.2) is 11.1 Å². The normalized spacial score (nSPS) is 19.9. The summed E-state index contributed by atoms with van der Waals surface area (Å²) in [5.41, 5.74) is -0.539. The summed E-state index contributed by atoms with van der Waals surface area (Å²) in [5, 5.41) is 8.91. The zero-order chi connectivity index (χ0) is 10.1. The zero-order valence-corrected chi connectivity index (χ0v) is 8.84. The summed E-state index contributed by atoms with van der Waals surface area (Å²) in [4.78, 5) is 10.8. The molecule has 2 nitrogen and oxygen atoms in total. The maximum Gasteiger partial charge on any atom is 0.309 e. The first-order valence-electron chi connectivity index (χ1n) is 5.17. The van der Waals surface area contributed by atoms with Gasteiger partial charge in [0.05, 0.1) is 5.41 Å². The van der Waals surface area contributed by atoms with Gasteiger partial charge in [-0.25, -0.2) is 0 Å². The van der Waals surface area contributed by atoms with E-state index in [0.29, 0.717) is 0 Å². The van der Waals surface area contributed by atoms with Crippen LogP contribution in [0, 0.1) is 17.3 Å². The van der Waals surface area contributed by atoms with Crippen molar-refractivity contribution in [2.45, 2.75) is 46.5 Å². The minimum atomic E-state index is -0.671. The summed E-state index contributed by atoms with van der Waals surface area (Å²) >= 11 is 0. The van der Waals surface area contributed by atoms with Gasteiger partial charge in [-0.2, -0.15) is 0 Å². The first-order valence-corrected chi connectivity index (χ1v) is 5.17. The third-order valence-electron chi connectivity index (χ3n) is 3.23. The second-order valence-electron chi connectivity index (χ2n) is 5.04. The highest BCUT2D eigenvalue weighted by molar-refractivity contribution is 5.73. The maximum absolute atomic E-state index is 10.8. The van der Waals surface area contributed by atoms with Crippen molar-refractivity contribution >= 4 is 5.97 Å². The quantitative estimate of drug-likeness (QED) is 0.713. The van der Waals surface area contributed by atoms with Crippen molar-refractivity contribution in [2.75, 3.05) is 0 Å². The fourth-order valence-corrected chi connectivity index (χ4v) is 1.60. The molecule has 0 amide bonds. The van der Waals surface area contributed by atoms with Gasteiger partial charge >= 0.3 is 5.97 Å². The predicted molar refractivity (Wildman–Crippen MR) is 52.5 cm³/mol. The Kier molecular flexibility index (Phi) is 2.99. The number of carbonyl (C=O) groups is 1. The molecular weight excluding hydrogens is 164 g/mol. The van der Waals surface area contributed by atoms with Crippen LogP contribution in [0.25, 0.3) is 0 Å². The number of carboxylic acid groups (broad SMARTS) is 1. The summed E-state index contributed by atoms with van der Waals surface area (Å²) in [6.45, 7) is 5.87. The molecule has 1 aliphatic rings. The summed E-state index contributed by atoms with van der Waals surface area (Å²) in [6, 6.07) is 0. The highest BCUT2D eigenvalue weighted by Gasteiger charge is 2.32. The number of aliphatic carboxylic acids is 1. The molecule has 2 heteroatoms. The molecule has 0 aromatic rings. The van der Waals surface area contributed by atoms with Gasteiger partial charge in [-0.1, -0.05) is 6.92 Å². The van der Waals surface area contributed by atoms with E-state index in [-0.39, 0.29) is 0 Å². The minimum Gasteiger partial charge on any atom is -0.481 e. The van der Waals surface area contributed by atoms with Crippen molar-refractivity contribution in [1.82, 2.24) is 0 Å². The van der Waals surface area contributed by atoms with E-state index in [1.807, 2.05) is 13.8 Å². The Labute approximate surface area is 80.3 Å². The molecule has 0 aromatic carbocycles. The monoisotopic (exact) mass is 184 g/mol. The largest absolute Gasteiger partial charge is 0.481 e. The van der Waals surface area contributed by atoms with Crippen molar-refractivity contribution in [3.8, 4) is 0 Å². The standard InChI is InChI=1S/C11H20O2/c1-8(9-4-5-9)6-7-11(2,3)10(12)13/h8-9H,4-7H2,1-3H3,(H,12,13). The van der Waals surface area contributed by atoms with Crippen LogP contribution in [0.15, 0.2) is 0 Å². The van der Waals surface area contributed by atoms with E-state index in [2.05, 4.69) is 6.92 Å². The molecule has 1 rings (SSSR count). The lowest BCUT2D eigenvalue weighted by atomic mass is 9.84. The average molecular weight is 184 g/mol. The number of hydrogen-bond acceptors (Lipinski definition) is 1. The summed E-state index contributed by atoms with van der Waals surface area (Å²) in [6.07, 6.45) is 4.58. The van der Waals surface area contributed by atoms with Crippen LogP contribution in [0.1, 0.15) is 46.5 Å². The molecule has 0 heterocycles. The fraction of sp³-hybridized carbons (Fsp3) is 0.909. The van der Waals surface area contributed by atoms with Crippen molar-refractivity contribution < 1.29 is 9.90 Å². The van der Waals surface area contributed by atoms with Crippen LogP contribution < -0.4 is 0 Å². The van der Waals surface area contributed by atoms with Crippen LogP contribution in [0.5, 0.6) is 0 Å². The van der Waals surface area contributed by atoms with Gasteiger partial charge in [-0.15, -0.1) is 0 Å². The van der Waals surface area contributed by atoms with Crippen molar-refractivity contribution in [1.29, 1.82) is 0 Å². The molecule has 13 heavy (non-hydrogen) atoms. The van der Waals surface area contributed by atoms with Gasteiger partial charge in [0.25, 0.3) is 0 Å². The maximum atomic E-state index is 10.8. The average Bonchev–Trinajstić information content (AvgIpc) is 2.82. The molecule has 0 radical (unpaired) electrons. The molecule has 1 fully saturated rings. The molecule has 0 saturated heterocycles. The van der Waals surface area contributed by atoms with E-state index < -0.39 is 11.4 Å². The van der Waals surface area contributed by atoms with Crippen LogP contribution >= 0.6 is 0 Å². The topological polar surface area (TPSA) is 37.3 Å². The van der Waals surface area contributed by atoms with E-state index in [0.717, 1.165) is 24.7 Å². The zero-order valence-electron chi connectivity index (χ0n) is 8.84. The van der Waals surface area contributed by atoms with Crippen molar-refractivity contribution in [3.63, 3.8) is 0 Å². The lowest BCUT2D eigenvalue weighted by Crippen LogP contribution is -2.24. The second kappa shape index (κ2) is 3.69. The second-order valence-corrected chi connectivity index (χ2v) is 5.04. The number of hydrogen-bond donors (Lipinski definition) is 1. The molecule has 76 valence electrons. The van der Waals surface area contributed by atoms with Gasteiger partial charge < -0.3 is 5.11 Å². The fourth-order valence-electron chi connectivity index (χ4n) is 1.60. The van der Waals surface area contributed by atoms with Crippen LogP contribution in [0.4, 0.5) is 0 Å². The number of carboxylic acids is 1. The van der Waals surface area contributed by atoms with E-state index in [9.17, 15) is 4.79 Å². The molecule has 0 aromatic heterocycles. The minimum absolute atomic E-state index is 0.539. The Hall–Kier alpha value is -0.530. The van der Waals surface area contributed by atoms with Crippen LogP contribution in [-0.2, 0) is 4.79 Å². The van der Waals surface area contributed by atoms with Gasteiger partial charge in [0, 0.05) is 0 Å². The lowest BCUT2D eigenvalue weighted by Gasteiger charge is -2.21. The number of rotatable bonds is 5. The van der Waals surface area contributed by atoms with E-state index >= 15 is 0 Å². The first-order chi connectivity index (χ1) is 5.93. The van der Waals surface area contributed by atoms with Gasteiger partial charge in [-0.05, 0) is 51.4 Å². The molecule has 1 atom stereocenters. The Balaban J connectivity index is 2.27. The molecule has 0 spiro atoms.